The van der Waals surface area contributed by atoms with Gasteiger partial charge in [0.1, 0.15) is 0 Å². The number of primary amides is 1. The summed E-state index contributed by atoms with van der Waals surface area (Å²) in [6.07, 6.45) is 0. The minimum Gasteiger partial charge on any atom is -0.396 e. The number of carbonyl (C=O) groups is 1. The van der Waals surface area contributed by atoms with Crippen molar-refractivity contribution in [3.63, 3.8) is 0 Å². The van der Waals surface area contributed by atoms with E-state index in [0.717, 1.165) is 10.0 Å². The molecular weight excluding hydrogens is 318 g/mol. The van der Waals surface area contributed by atoms with Gasteiger partial charge < -0.3 is 10.8 Å². The van der Waals surface area contributed by atoms with Crippen molar-refractivity contribution in [2.45, 2.75) is 19.8 Å². The Hall–Kier alpha value is -0.580. The fourth-order valence-corrected chi connectivity index (χ4v) is 2.44. The summed E-state index contributed by atoms with van der Waals surface area (Å²) < 4.78 is 0.823. The molecule has 18 heavy (non-hydrogen) atoms. The molecule has 0 fully saturated rings. The topological polar surface area (TPSA) is 63.3 Å². The second-order valence-electron chi connectivity index (χ2n) is 4.50. The number of benzene rings is 1. The van der Waals surface area contributed by atoms with Gasteiger partial charge in [0.05, 0.1) is 5.02 Å². The van der Waals surface area contributed by atoms with Crippen molar-refractivity contribution in [2.75, 3.05) is 6.61 Å². The first kappa shape index (κ1) is 15.5. The molecular formula is C13H17BrClNO2. The molecule has 1 amide bonds. The van der Waals surface area contributed by atoms with E-state index in [4.69, 9.17) is 17.3 Å². The zero-order valence-electron chi connectivity index (χ0n) is 10.4. The van der Waals surface area contributed by atoms with E-state index in [1.54, 1.807) is 6.92 Å². The standard InChI is InChI=1S/C13H17BrClNO2/c1-7(10(6-17)8(2)13(16)18)9-3-4-11(14)12(15)5-9/h3-5,7-8,10,17H,6H2,1-2H3,(H2,16,18)/t7?,8?,10-/m1/s1. The number of carbonyl (C=O) groups excluding carboxylic acids is 1. The van der Waals surface area contributed by atoms with Crippen LogP contribution in [0, 0.1) is 11.8 Å². The van der Waals surface area contributed by atoms with E-state index in [0.29, 0.717) is 5.02 Å². The molecule has 0 saturated heterocycles. The largest absolute Gasteiger partial charge is 0.396 e. The third-order valence-electron chi connectivity index (χ3n) is 3.41. The first-order valence-electron chi connectivity index (χ1n) is 5.73. The van der Waals surface area contributed by atoms with Gasteiger partial charge >= 0.3 is 0 Å². The van der Waals surface area contributed by atoms with Gasteiger partial charge in [-0.05, 0) is 45.5 Å². The fourth-order valence-electron chi connectivity index (χ4n) is 2.00. The molecule has 5 heteroatoms. The molecule has 100 valence electrons. The number of aliphatic hydroxyl groups is 1. The van der Waals surface area contributed by atoms with E-state index < -0.39 is 5.91 Å². The number of aliphatic hydroxyl groups excluding tert-OH is 1. The number of amides is 1. The average molecular weight is 335 g/mol. The van der Waals surface area contributed by atoms with Crippen molar-refractivity contribution < 1.29 is 9.90 Å². The van der Waals surface area contributed by atoms with Gasteiger partial charge in [-0.25, -0.2) is 0 Å². The predicted octanol–water partition coefficient (Wildman–Crippen LogP) is 2.94. The van der Waals surface area contributed by atoms with E-state index >= 15 is 0 Å². The lowest BCUT2D eigenvalue weighted by Crippen LogP contribution is -2.32. The molecule has 0 heterocycles. The third kappa shape index (κ3) is 3.46. The van der Waals surface area contributed by atoms with Crippen LogP contribution in [0.1, 0.15) is 25.3 Å². The van der Waals surface area contributed by atoms with Crippen LogP contribution in [0.2, 0.25) is 5.02 Å². The molecule has 0 radical (unpaired) electrons. The molecule has 0 aliphatic heterocycles. The molecule has 2 unspecified atom stereocenters. The van der Waals surface area contributed by atoms with Crippen LogP contribution < -0.4 is 5.73 Å². The lowest BCUT2D eigenvalue weighted by Gasteiger charge is -2.26. The molecule has 3 N–H and O–H groups in total. The Morgan fingerprint density at radius 2 is 2.11 bits per heavy atom. The van der Waals surface area contributed by atoms with Gasteiger partial charge in [0.25, 0.3) is 0 Å². The summed E-state index contributed by atoms with van der Waals surface area (Å²) in [5.74, 6) is -0.987. The summed E-state index contributed by atoms with van der Waals surface area (Å²) in [6, 6.07) is 5.63. The molecule has 1 aromatic carbocycles. The molecule has 0 aliphatic carbocycles. The van der Waals surface area contributed by atoms with Gasteiger partial charge in [-0.15, -0.1) is 0 Å². The maximum absolute atomic E-state index is 11.2. The molecule has 0 spiro atoms. The molecule has 0 saturated carbocycles. The Morgan fingerprint density at radius 3 is 2.56 bits per heavy atom. The van der Waals surface area contributed by atoms with Crippen molar-refractivity contribution in [2.24, 2.45) is 17.6 Å². The van der Waals surface area contributed by atoms with Crippen LogP contribution in [0.3, 0.4) is 0 Å². The molecule has 0 aromatic heterocycles. The first-order chi connectivity index (χ1) is 8.38. The molecule has 3 atom stereocenters. The Kier molecular flexibility index (Phi) is 5.63. The van der Waals surface area contributed by atoms with Crippen LogP contribution in [0.25, 0.3) is 0 Å². The molecule has 0 bridgehead atoms. The highest BCUT2D eigenvalue weighted by molar-refractivity contribution is 9.10. The minimum atomic E-state index is -0.399. The predicted molar refractivity (Wildman–Crippen MR) is 76.5 cm³/mol. The molecule has 0 aliphatic rings. The quantitative estimate of drug-likeness (QED) is 0.869. The van der Waals surface area contributed by atoms with Gasteiger partial charge in [-0.2, -0.15) is 0 Å². The highest BCUT2D eigenvalue weighted by Gasteiger charge is 2.27. The fraction of sp³-hybridized carbons (Fsp3) is 0.462. The number of nitrogens with two attached hydrogens (primary N) is 1. The highest BCUT2D eigenvalue weighted by atomic mass is 79.9. The Morgan fingerprint density at radius 1 is 1.50 bits per heavy atom. The zero-order chi connectivity index (χ0) is 13.9. The number of halogens is 2. The van der Waals surface area contributed by atoms with Crippen LogP contribution in [0.5, 0.6) is 0 Å². The van der Waals surface area contributed by atoms with E-state index in [1.165, 1.54) is 0 Å². The Balaban J connectivity index is 2.99. The highest BCUT2D eigenvalue weighted by Crippen LogP contribution is 2.33. The maximum atomic E-state index is 11.2. The molecule has 1 rings (SSSR count). The summed E-state index contributed by atoms with van der Waals surface area (Å²) in [5, 5.41) is 10.1. The van der Waals surface area contributed by atoms with Crippen molar-refractivity contribution >= 4 is 33.4 Å². The van der Waals surface area contributed by atoms with Crippen molar-refractivity contribution in [3.8, 4) is 0 Å². The van der Waals surface area contributed by atoms with Gasteiger partial charge in [0.2, 0.25) is 5.91 Å². The maximum Gasteiger partial charge on any atom is 0.220 e. The van der Waals surface area contributed by atoms with Gasteiger partial charge in [-0.3, -0.25) is 4.79 Å². The third-order valence-corrected chi connectivity index (χ3v) is 4.65. The van der Waals surface area contributed by atoms with Crippen molar-refractivity contribution in [1.82, 2.24) is 0 Å². The van der Waals surface area contributed by atoms with Crippen molar-refractivity contribution in [3.05, 3.63) is 33.3 Å². The lowest BCUT2D eigenvalue weighted by atomic mass is 9.80. The summed E-state index contributed by atoms with van der Waals surface area (Å²) in [5.41, 5.74) is 6.28. The summed E-state index contributed by atoms with van der Waals surface area (Å²) in [7, 11) is 0. The van der Waals surface area contributed by atoms with E-state index in [1.807, 2.05) is 25.1 Å². The van der Waals surface area contributed by atoms with E-state index in [9.17, 15) is 9.90 Å². The van der Waals surface area contributed by atoms with Gasteiger partial charge in [0, 0.05) is 17.0 Å². The van der Waals surface area contributed by atoms with Crippen LogP contribution in [0.4, 0.5) is 0 Å². The molecule has 3 nitrogen and oxygen atoms in total. The average Bonchev–Trinajstić information content (AvgIpc) is 2.33. The SMILES string of the molecule is CC(C(N)=O)[C@H](CO)C(C)c1ccc(Br)c(Cl)c1. The van der Waals surface area contributed by atoms with Crippen molar-refractivity contribution in [1.29, 1.82) is 0 Å². The summed E-state index contributed by atoms with van der Waals surface area (Å²) in [6.45, 7) is 3.61. The number of hydrogen-bond acceptors (Lipinski definition) is 2. The van der Waals surface area contributed by atoms with Crippen LogP contribution >= 0.6 is 27.5 Å². The zero-order valence-corrected chi connectivity index (χ0v) is 12.7. The summed E-state index contributed by atoms with van der Waals surface area (Å²) >= 11 is 9.38. The van der Waals surface area contributed by atoms with Gasteiger partial charge in [0.15, 0.2) is 0 Å². The Bertz CT molecular complexity index is 439. The monoisotopic (exact) mass is 333 g/mol. The normalized spacial score (nSPS) is 16.1. The second-order valence-corrected chi connectivity index (χ2v) is 5.76. The smallest absolute Gasteiger partial charge is 0.220 e. The first-order valence-corrected chi connectivity index (χ1v) is 6.90. The van der Waals surface area contributed by atoms with Crippen LogP contribution in [-0.4, -0.2) is 17.6 Å². The number of rotatable bonds is 5. The lowest BCUT2D eigenvalue weighted by molar-refractivity contribution is -0.123. The minimum absolute atomic E-state index is 0.00287. The van der Waals surface area contributed by atoms with Crippen LogP contribution in [0.15, 0.2) is 22.7 Å². The summed E-state index contributed by atoms with van der Waals surface area (Å²) in [4.78, 5) is 11.2. The number of hydrogen-bond donors (Lipinski definition) is 2. The second kappa shape index (κ2) is 6.55. The van der Waals surface area contributed by atoms with Gasteiger partial charge in [-0.1, -0.05) is 31.5 Å². The van der Waals surface area contributed by atoms with E-state index in [2.05, 4.69) is 15.9 Å². The van der Waals surface area contributed by atoms with E-state index in [-0.39, 0.29) is 24.4 Å². The van der Waals surface area contributed by atoms with Crippen LogP contribution in [-0.2, 0) is 4.79 Å². The Labute approximate surface area is 120 Å². The molecule has 1 aromatic rings.